The topological polar surface area (TPSA) is 46.2 Å². The van der Waals surface area contributed by atoms with E-state index >= 15 is 0 Å². The van der Waals surface area contributed by atoms with E-state index in [9.17, 15) is 8.42 Å². The van der Waals surface area contributed by atoms with Crippen LogP contribution in [0.25, 0.3) is 0 Å². The highest BCUT2D eigenvalue weighted by Gasteiger charge is 2.22. The maximum absolute atomic E-state index is 11.1. The smallest absolute Gasteiger partial charge is 0.173 e. The van der Waals surface area contributed by atoms with E-state index in [1.807, 2.05) is 0 Å². The van der Waals surface area contributed by atoms with Gasteiger partial charge in [0.15, 0.2) is 9.84 Å². The Morgan fingerprint density at radius 3 is 2.50 bits per heavy atom. The molecule has 0 aliphatic carbocycles. The number of hydrogen-bond donors (Lipinski definition) is 1. The molecule has 2 unspecified atom stereocenters. The van der Waals surface area contributed by atoms with Crippen LogP contribution in [0, 0.1) is 5.92 Å². The van der Waals surface area contributed by atoms with Gasteiger partial charge in [-0.15, -0.1) is 0 Å². The fourth-order valence-electron chi connectivity index (χ4n) is 1.82. The minimum Gasteiger partial charge on any atom is -0.307 e. The van der Waals surface area contributed by atoms with Crippen LogP contribution in [-0.4, -0.2) is 26.3 Å². The predicted molar refractivity (Wildman–Crippen MR) is 58.8 cm³/mol. The molecular formula is C10H19NO2S. The van der Waals surface area contributed by atoms with Crippen LogP contribution >= 0.6 is 0 Å². The van der Waals surface area contributed by atoms with Crippen molar-refractivity contribution in [1.29, 1.82) is 0 Å². The van der Waals surface area contributed by atoms with E-state index in [1.165, 1.54) is 5.41 Å². The standard InChI is InChI=1S/C10H19NO2S/c1-8(2)6-9(3)11-10-4-5-14(12,13)7-10/h4-5,8-11H,6-7H2,1-3H3. The maximum atomic E-state index is 11.1. The molecule has 1 aliphatic heterocycles. The predicted octanol–water partition coefficient (Wildman–Crippen LogP) is 1.32. The lowest BCUT2D eigenvalue weighted by Crippen LogP contribution is -2.37. The molecule has 0 radical (unpaired) electrons. The average molecular weight is 217 g/mol. The maximum Gasteiger partial charge on any atom is 0.173 e. The highest BCUT2D eigenvalue weighted by molar-refractivity contribution is 7.94. The van der Waals surface area contributed by atoms with Gasteiger partial charge < -0.3 is 5.32 Å². The van der Waals surface area contributed by atoms with Crippen LogP contribution < -0.4 is 5.32 Å². The Morgan fingerprint density at radius 2 is 2.07 bits per heavy atom. The largest absolute Gasteiger partial charge is 0.307 e. The van der Waals surface area contributed by atoms with Crippen LogP contribution in [0.2, 0.25) is 0 Å². The SMILES string of the molecule is CC(C)CC(C)NC1C=CS(=O)(=O)C1. The summed E-state index contributed by atoms with van der Waals surface area (Å²) in [4.78, 5) is 0. The lowest BCUT2D eigenvalue weighted by Gasteiger charge is -2.19. The molecule has 0 saturated heterocycles. The normalized spacial score (nSPS) is 27.0. The summed E-state index contributed by atoms with van der Waals surface area (Å²) in [6, 6.07) is 0.381. The van der Waals surface area contributed by atoms with Gasteiger partial charge in [0.05, 0.1) is 5.75 Å². The van der Waals surface area contributed by atoms with Crippen molar-refractivity contribution >= 4 is 9.84 Å². The van der Waals surface area contributed by atoms with Gasteiger partial charge in [-0.2, -0.15) is 0 Å². The van der Waals surface area contributed by atoms with Gasteiger partial charge in [-0.1, -0.05) is 19.9 Å². The molecule has 14 heavy (non-hydrogen) atoms. The van der Waals surface area contributed by atoms with Gasteiger partial charge in [0, 0.05) is 17.5 Å². The molecule has 82 valence electrons. The zero-order chi connectivity index (χ0) is 10.8. The zero-order valence-corrected chi connectivity index (χ0v) is 9.84. The Morgan fingerprint density at radius 1 is 1.43 bits per heavy atom. The minimum atomic E-state index is -2.91. The Balaban J connectivity index is 2.37. The third kappa shape index (κ3) is 3.80. The van der Waals surface area contributed by atoms with Gasteiger partial charge in [0.25, 0.3) is 0 Å². The summed E-state index contributed by atoms with van der Waals surface area (Å²) in [5, 5.41) is 4.61. The summed E-state index contributed by atoms with van der Waals surface area (Å²) in [7, 11) is -2.91. The molecule has 0 fully saturated rings. The van der Waals surface area contributed by atoms with Crippen molar-refractivity contribution in [1.82, 2.24) is 5.32 Å². The molecule has 1 N–H and O–H groups in total. The summed E-state index contributed by atoms with van der Waals surface area (Å²) in [6.45, 7) is 6.43. The first-order chi connectivity index (χ1) is 6.39. The van der Waals surface area contributed by atoms with E-state index in [0.717, 1.165) is 6.42 Å². The summed E-state index contributed by atoms with van der Waals surface area (Å²) < 4.78 is 22.2. The van der Waals surface area contributed by atoms with E-state index in [4.69, 9.17) is 0 Å². The van der Waals surface area contributed by atoms with E-state index < -0.39 is 9.84 Å². The molecule has 0 aromatic carbocycles. The van der Waals surface area contributed by atoms with E-state index in [2.05, 4.69) is 26.1 Å². The molecule has 4 heteroatoms. The van der Waals surface area contributed by atoms with Gasteiger partial charge in [0.2, 0.25) is 0 Å². The zero-order valence-electron chi connectivity index (χ0n) is 9.03. The molecule has 0 saturated carbocycles. The molecule has 1 aliphatic rings. The molecule has 1 heterocycles. The fraction of sp³-hybridized carbons (Fsp3) is 0.800. The molecule has 0 aromatic heterocycles. The Kier molecular flexibility index (Phi) is 3.72. The molecular weight excluding hydrogens is 198 g/mol. The molecule has 0 spiro atoms. The summed E-state index contributed by atoms with van der Waals surface area (Å²) in [5.41, 5.74) is 0. The first-order valence-corrected chi connectivity index (χ1v) is 6.77. The van der Waals surface area contributed by atoms with Crippen LogP contribution in [0.5, 0.6) is 0 Å². The van der Waals surface area contributed by atoms with Crippen LogP contribution in [-0.2, 0) is 9.84 Å². The first kappa shape index (κ1) is 11.7. The van der Waals surface area contributed by atoms with Crippen molar-refractivity contribution < 1.29 is 8.42 Å². The third-order valence-electron chi connectivity index (χ3n) is 2.25. The van der Waals surface area contributed by atoms with Crippen molar-refractivity contribution in [3.05, 3.63) is 11.5 Å². The lowest BCUT2D eigenvalue weighted by molar-refractivity contribution is 0.428. The number of hydrogen-bond acceptors (Lipinski definition) is 3. The Bertz CT molecular complexity index is 306. The minimum absolute atomic E-state index is 0.00810. The van der Waals surface area contributed by atoms with E-state index in [0.29, 0.717) is 12.0 Å². The molecule has 0 amide bonds. The third-order valence-corrected chi connectivity index (χ3v) is 3.65. The van der Waals surface area contributed by atoms with E-state index in [-0.39, 0.29) is 11.8 Å². The second kappa shape index (κ2) is 4.45. The summed E-state index contributed by atoms with van der Waals surface area (Å²) >= 11 is 0. The van der Waals surface area contributed by atoms with Crippen LogP contribution in [0.15, 0.2) is 11.5 Å². The number of sulfone groups is 1. The number of rotatable bonds is 4. The fourth-order valence-corrected chi connectivity index (χ4v) is 3.07. The highest BCUT2D eigenvalue weighted by Crippen LogP contribution is 2.11. The van der Waals surface area contributed by atoms with Crippen molar-refractivity contribution in [3.8, 4) is 0 Å². The molecule has 0 aromatic rings. The highest BCUT2D eigenvalue weighted by atomic mass is 32.2. The van der Waals surface area contributed by atoms with Gasteiger partial charge >= 0.3 is 0 Å². The first-order valence-electron chi connectivity index (χ1n) is 5.06. The Hall–Kier alpha value is -0.350. The van der Waals surface area contributed by atoms with Gasteiger partial charge in [-0.25, -0.2) is 8.42 Å². The monoisotopic (exact) mass is 217 g/mol. The molecule has 1 rings (SSSR count). The quantitative estimate of drug-likeness (QED) is 0.772. The van der Waals surface area contributed by atoms with Gasteiger partial charge in [0.1, 0.15) is 0 Å². The van der Waals surface area contributed by atoms with Gasteiger partial charge in [-0.3, -0.25) is 0 Å². The van der Waals surface area contributed by atoms with Crippen molar-refractivity contribution in [3.63, 3.8) is 0 Å². The van der Waals surface area contributed by atoms with Gasteiger partial charge in [-0.05, 0) is 19.3 Å². The van der Waals surface area contributed by atoms with Crippen LogP contribution in [0.3, 0.4) is 0 Å². The summed E-state index contributed by atoms with van der Waals surface area (Å²) in [5.74, 6) is 0.856. The van der Waals surface area contributed by atoms with E-state index in [1.54, 1.807) is 6.08 Å². The van der Waals surface area contributed by atoms with Crippen molar-refractivity contribution in [2.45, 2.75) is 39.3 Å². The molecule has 0 bridgehead atoms. The van der Waals surface area contributed by atoms with Crippen molar-refractivity contribution in [2.75, 3.05) is 5.75 Å². The summed E-state index contributed by atoms with van der Waals surface area (Å²) in [6.07, 6.45) is 2.82. The van der Waals surface area contributed by atoms with Crippen LogP contribution in [0.1, 0.15) is 27.2 Å². The average Bonchev–Trinajstić information content (AvgIpc) is 2.27. The Labute approximate surface area is 86.5 Å². The van der Waals surface area contributed by atoms with Crippen LogP contribution in [0.4, 0.5) is 0 Å². The lowest BCUT2D eigenvalue weighted by atomic mass is 10.0. The van der Waals surface area contributed by atoms with Crippen molar-refractivity contribution in [2.24, 2.45) is 5.92 Å². The molecule has 3 nitrogen and oxygen atoms in total. The second-order valence-corrected chi connectivity index (χ2v) is 6.39. The number of nitrogens with one attached hydrogen (secondary N) is 1. The molecule has 2 atom stereocenters. The second-order valence-electron chi connectivity index (χ2n) is 4.46.